The van der Waals surface area contributed by atoms with Crippen LogP contribution in [0.5, 0.6) is 5.75 Å². The van der Waals surface area contributed by atoms with E-state index in [1.165, 1.54) is 12.8 Å². The summed E-state index contributed by atoms with van der Waals surface area (Å²) in [5.74, 6) is 0.406. The molecule has 25 heavy (non-hydrogen) atoms. The smallest absolute Gasteiger partial charge is 0.368 e. The van der Waals surface area contributed by atoms with Crippen LogP contribution >= 0.6 is 0 Å². The van der Waals surface area contributed by atoms with E-state index in [0.717, 1.165) is 29.9 Å². The van der Waals surface area contributed by atoms with Crippen LogP contribution in [-0.4, -0.2) is 18.3 Å². The second-order valence-electron chi connectivity index (χ2n) is 5.87. The molecule has 2 aromatic rings. The lowest BCUT2D eigenvalue weighted by Gasteiger charge is -2.06. The second-order valence-corrected chi connectivity index (χ2v) is 5.87. The van der Waals surface area contributed by atoms with Crippen LogP contribution in [0.4, 0.5) is 0 Å². The maximum Gasteiger partial charge on any atom is 0.368 e. The Balaban J connectivity index is 1.73. The Morgan fingerprint density at radius 2 is 1.80 bits per heavy atom. The van der Waals surface area contributed by atoms with Gasteiger partial charge in [-0.15, -0.1) is 0 Å². The number of carbonyl (C=O) groups is 1. The number of hydrogen-bond donors (Lipinski definition) is 0. The molecule has 1 aliphatic heterocycles. The van der Waals surface area contributed by atoms with E-state index in [9.17, 15) is 4.79 Å². The first-order valence-electron chi connectivity index (χ1n) is 8.57. The first-order chi connectivity index (χ1) is 12.3. The molecule has 0 spiro atoms. The molecule has 0 aromatic heterocycles. The van der Waals surface area contributed by atoms with Gasteiger partial charge in [-0.2, -0.15) is 0 Å². The van der Waals surface area contributed by atoms with E-state index < -0.39 is 5.97 Å². The van der Waals surface area contributed by atoms with Crippen molar-refractivity contribution in [3.63, 3.8) is 0 Å². The van der Waals surface area contributed by atoms with Crippen molar-refractivity contribution in [3.05, 3.63) is 71.3 Å². The van der Waals surface area contributed by atoms with Gasteiger partial charge in [-0.3, -0.25) is 0 Å². The van der Waals surface area contributed by atoms with Crippen molar-refractivity contribution in [2.75, 3.05) is 6.61 Å². The largest absolute Gasteiger partial charge is 0.494 e. The second kappa shape index (κ2) is 8.29. The van der Waals surface area contributed by atoms with Crippen molar-refractivity contribution >= 4 is 17.8 Å². The number of unbranched alkanes of at least 4 members (excludes halogenated alkanes) is 2. The summed E-state index contributed by atoms with van der Waals surface area (Å²) in [6.45, 7) is 2.90. The van der Waals surface area contributed by atoms with Gasteiger partial charge in [-0.1, -0.05) is 67.4 Å². The zero-order chi connectivity index (χ0) is 17.5. The summed E-state index contributed by atoms with van der Waals surface area (Å²) >= 11 is 0. The van der Waals surface area contributed by atoms with E-state index in [1.807, 2.05) is 54.6 Å². The van der Waals surface area contributed by atoms with Crippen LogP contribution in [0.25, 0.3) is 6.08 Å². The van der Waals surface area contributed by atoms with E-state index in [0.29, 0.717) is 11.3 Å². The fourth-order valence-electron chi connectivity index (χ4n) is 2.58. The monoisotopic (exact) mass is 335 g/mol. The van der Waals surface area contributed by atoms with Crippen LogP contribution in [0.1, 0.15) is 37.3 Å². The van der Waals surface area contributed by atoms with Gasteiger partial charge in [0.05, 0.1) is 12.2 Å². The minimum absolute atomic E-state index is 0.432. The molecule has 0 saturated heterocycles. The van der Waals surface area contributed by atoms with Crippen molar-refractivity contribution in [1.82, 2.24) is 0 Å². The highest BCUT2D eigenvalue weighted by Crippen LogP contribution is 2.22. The average Bonchev–Trinajstić information content (AvgIpc) is 3.01. The number of carbonyl (C=O) groups excluding carboxylic acids is 1. The number of oxime groups is 1. The number of benzene rings is 2. The van der Waals surface area contributed by atoms with Gasteiger partial charge in [0.2, 0.25) is 0 Å². The minimum Gasteiger partial charge on any atom is -0.494 e. The van der Waals surface area contributed by atoms with Crippen LogP contribution in [0.2, 0.25) is 0 Å². The normalized spacial score (nSPS) is 15.2. The van der Waals surface area contributed by atoms with Crippen LogP contribution < -0.4 is 4.74 Å². The molecule has 0 radical (unpaired) electrons. The molecule has 2 aromatic carbocycles. The zero-order valence-electron chi connectivity index (χ0n) is 14.3. The van der Waals surface area contributed by atoms with Crippen LogP contribution in [0.15, 0.2) is 65.3 Å². The summed E-state index contributed by atoms with van der Waals surface area (Å²) in [7, 11) is 0. The molecular weight excluding hydrogens is 314 g/mol. The summed E-state index contributed by atoms with van der Waals surface area (Å²) in [6.07, 6.45) is 5.21. The number of hydrogen-bond acceptors (Lipinski definition) is 4. The Bertz CT molecular complexity index is 777. The third kappa shape index (κ3) is 4.35. The molecule has 128 valence electrons. The third-order valence-corrected chi connectivity index (χ3v) is 3.95. The molecule has 0 N–H and O–H groups in total. The zero-order valence-corrected chi connectivity index (χ0v) is 14.3. The average molecular weight is 335 g/mol. The van der Waals surface area contributed by atoms with Crippen LogP contribution in [-0.2, 0) is 9.63 Å². The summed E-state index contributed by atoms with van der Waals surface area (Å²) in [5.41, 5.74) is 2.78. The Hall–Kier alpha value is -2.88. The molecule has 0 atom stereocenters. The van der Waals surface area contributed by atoms with Gasteiger partial charge in [-0.05, 0) is 30.2 Å². The van der Waals surface area contributed by atoms with E-state index in [1.54, 1.807) is 6.08 Å². The SMILES string of the molecule is CCCCCOc1ccc(/C=C2/C(=O)ON=C2c2ccccc2)cc1. The summed E-state index contributed by atoms with van der Waals surface area (Å²) in [5, 5.41) is 3.91. The number of ether oxygens (including phenoxy) is 1. The highest BCUT2D eigenvalue weighted by molar-refractivity contribution is 6.31. The summed E-state index contributed by atoms with van der Waals surface area (Å²) in [4.78, 5) is 16.9. The lowest BCUT2D eigenvalue weighted by atomic mass is 10.0. The molecule has 0 fully saturated rings. The third-order valence-electron chi connectivity index (χ3n) is 3.95. The van der Waals surface area contributed by atoms with E-state index in [-0.39, 0.29) is 0 Å². The highest BCUT2D eigenvalue weighted by atomic mass is 16.7. The molecule has 1 aliphatic rings. The van der Waals surface area contributed by atoms with E-state index in [2.05, 4.69) is 12.1 Å². The van der Waals surface area contributed by atoms with E-state index in [4.69, 9.17) is 9.57 Å². The maximum absolute atomic E-state index is 12.0. The number of nitrogens with zero attached hydrogens (tertiary/aromatic N) is 1. The topological polar surface area (TPSA) is 47.9 Å². The molecule has 0 amide bonds. The Labute approximate surface area is 147 Å². The predicted octanol–water partition coefficient (Wildman–Crippen LogP) is 4.60. The van der Waals surface area contributed by atoms with Gasteiger partial charge in [0.1, 0.15) is 11.5 Å². The first kappa shape index (κ1) is 17.0. The first-order valence-corrected chi connectivity index (χ1v) is 8.57. The summed E-state index contributed by atoms with van der Waals surface area (Å²) < 4.78 is 5.71. The van der Waals surface area contributed by atoms with Gasteiger partial charge in [-0.25, -0.2) is 4.79 Å². The molecule has 0 bridgehead atoms. The molecule has 4 heteroatoms. The Morgan fingerprint density at radius 1 is 1.04 bits per heavy atom. The van der Waals surface area contributed by atoms with Crippen molar-refractivity contribution in [2.24, 2.45) is 5.16 Å². The van der Waals surface area contributed by atoms with Gasteiger partial charge < -0.3 is 9.57 Å². The van der Waals surface area contributed by atoms with Gasteiger partial charge >= 0.3 is 5.97 Å². The van der Waals surface area contributed by atoms with Crippen molar-refractivity contribution in [2.45, 2.75) is 26.2 Å². The fourth-order valence-corrected chi connectivity index (χ4v) is 2.58. The predicted molar refractivity (Wildman–Crippen MR) is 98.5 cm³/mol. The molecule has 4 nitrogen and oxygen atoms in total. The standard InChI is InChI=1S/C21H21NO3/c1-2-3-7-14-24-18-12-10-16(11-13-18)15-19-20(22-25-21(19)23)17-8-5-4-6-9-17/h4-6,8-13,15H,2-3,7,14H2,1H3/b19-15+. The number of rotatable bonds is 7. The van der Waals surface area contributed by atoms with Gasteiger partial charge in [0, 0.05) is 5.56 Å². The Kier molecular flexibility index (Phi) is 5.62. The van der Waals surface area contributed by atoms with Gasteiger partial charge in [0.15, 0.2) is 0 Å². The molecular formula is C21H21NO3. The van der Waals surface area contributed by atoms with E-state index >= 15 is 0 Å². The molecule has 0 saturated carbocycles. The lowest BCUT2D eigenvalue weighted by Crippen LogP contribution is -2.06. The molecule has 3 rings (SSSR count). The van der Waals surface area contributed by atoms with Crippen LogP contribution in [0.3, 0.4) is 0 Å². The van der Waals surface area contributed by atoms with Crippen molar-refractivity contribution < 1.29 is 14.4 Å². The molecule has 0 aliphatic carbocycles. The highest BCUT2D eigenvalue weighted by Gasteiger charge is 2.26. The minimum atomic E-state index is -0.432. The van der Waals surface area contributed by atoms with Crippen molar-refractivity contribution in [3.8, 4) is 5.75 Å². The van der Waals surface area contributed by atoms with Crippen LogP contribution in [0, 0.1) is 0 Å². The lowest BCUT2D eigenvalue weighted by molar-refractivity contribution is -0.136. The fraction of sp³-hybridized carbons (Fsp3) is 0.238. The molecule has 0 unspecified atom stereocenters. The quantitative estimate of drug-likeness (QED) is 0.422. The Morgan fingerprint density at radius 3 is 2.52 bits per heavy atom. The summed E-state index contributed by atoms with van der Waals surface area (Å²) in [6, 6.07) is 17.2. The van der Waals surface area contributed by atoms with Crippen molar-refractivity contribution in [1.29, 1.82) is 0 Å². The maximum atomic E-state index is 12.0. The molecule has 1 heterocycles. The van der Waals surface area contributed by atoms with Gasteiger partial charge in [0.25, 0.3) is 0 Å².